The van der Waals surface area contributed by atoms with E-state index in [0.29, 0.717) is 11.3 Å². The third kappa shape index (κ3) is 3.67. The summed E-state index contributed by atoms with van der Waals surface area (Å²) in [5, 5.41) is 22.9. The van der Waals surface area contributed by atoms with Crippen LogP contribution >= 0.6 is 0 Å². The number of nitro groups is 1. The summed E-state index contributed by atoms with van der Waals surface area (Å²) in [4.78, 5) is 21.4. The second-order valence-electron chi connectivity index (χ2n) is 4.78. The first kappa shape index (κ1) is 14.9. The number of benzene rings is 1. The van der Waals surface area contributed by atoms with Gasteiger partial charge in [-0.3, -0.25) is 14.9 Å². The van der Waals surface area contributed by atoms with Crippen LogP contribution in [-0.2, 0) is 4.79 Å². The van der Waals surface area contributed by atoms with Gasteiger partial charge in [0.2, 0.25) is 0 Å². The minimum Gasteiger partial charge on any atom is -0.481 e. The second kappa shape index (κ2) is 6.17. The second-order valence-corrected chi connectivity index (χ2v) is 4.78. The molecule has 0 aliphatic rings. The quantitative estimate of drug-likeness (QED) is 0.610. The number of anilines is 1. The lowest BCUT2D eigenvalue weighted by atomic mass is 9.96. The molecule has 1 rings (SSSR count). The first-order chi connectivity index (χ1) is 8.84. The van der Waals surface area contributed by atoms with E-state index in [-0.39, 0.29) is 18.2 Å². The molecule has 0 saturated carbocycles. The number of hydrogen-bond donors (Lipinski definition) is 2. The van der Waals surface area contributed by atoms with Gasteiger partial charge in [-0.1, -0.05) is 19.9 Å². The van der Waals surface area contributed by atoms with Crippen LogP contribution in [0.15, 0.2) is 18.2 Å². The van der Waals surface area contributed by atoms with Crippen molar-refractivity contribution in [1.82, 2.24) is 0 Å². The Morgan fingerprint density at radius 3 is 2.58 bits per heavy atom. The number of nitro benzene ring substituents is 1. The molecular weight excluding hydrogens is 248 g/mol. The highest BCUT2D eigenvalue weighted by molar-refractivity contribution is 5.71. The number of nitrogens with one attached hydrogen (secondary N) is 1. The van der Waals surface area contributed by atoms with Crippen LogP contribution in [0.3, 0.4) is 0 Å². The lowest BCUT2D eigenvalue weighted by Crippen LogP contribution is -2.27. The van der Waals surface area contributed by atoms with Crippen LogP contribution in [0.5, 0.6) is 0 Å². The fourth-order valence-electron chi connectivity index (χ4n) is 1.84. The molecule has 2 N–H and O–H groups in total. The molecule has 0 aromatic heterocycles. The molecule has 19 heavy (non-hydrogen) atoms. The van der Waals surface area contributed by atoms with E-state index in [1.807, 2.05) is 13.8 Å². The predicted octanol–water partition coefficient (Wildman–Crippen LogP) is 2.67. The van der Waals surface area contributed by atoms with Crippen molar-refractivity contribution in [2.75, 3.05) is 11.9 Å². The van der Waals surface area contributed by atoms with Crippen molar-refractivity contribution in [3.05, 3.63) is 33.9 Å². The average Bonchev–Trinajstić information content (AvgIpc) is 2.30. The Labute approximate surface area is 111 Å². The van der Waals surface area contributed by atoms with Gasteiger partial charge < -0.3 is 10.4 Å². The lowest BCUT2D eigenvalue weighted by Gasteiger charge is -2.18. The van der Waals surface area contributed by atoms with Crippen molar-refractivity contribution in [2.24, 2.45) is 11.8 Å². The lowest BCUT2D eigenvalue weighted by molar-refractivity contribution is -0.385. The fourth-order valence-corrected chi connectivity index (χ4v) is 1.84. The zero-order chi connectivity index (χ0) is 14.6. The third-order valence-electron chi connectivity index (χ3n) is 3.14. The van der Waals surface area contributed by atoms with Crippen LogP contribution < -0.4 is 5.32 Å². The standard InChI is InChI=1S/C13H18N2O4/c1-8(2)10(13(16)17)7-14-11-5-4-6-12(9(11)3)15(18)19/h4-6,8,10,14H,7H2,1-3H3,(H,16,17). The van der Waals surface area contributed by atoms with E-state index in [2.05, 4.69) is 5.32 Å². The molecule has 0 fully saturated rings. The first-order valence-electron chi connectivity index (χ1n) is 6.05. The number of aliphatic carboxylic acids is 1. The minimum atomic E-state index is -0.870. The van der Waals surface area contributed by atoms with Gasteiger partial charge in [-0.05, 0) is 18.9 Å². The molecule has 0 spiro atoms. The van der Waals surface area contributed by atoms with Crippen molar-refractivity contribution in [1.29, 1.82) is 0 Å². The average molecular weight is 266 g/mol. The predicted molar refractivity (Wildman–Crippen MR) is 72.3 cm³/mol. The number of nitrogens with zero attached hydrogens (tertiary/aromatic N) is 1. The highest BCUT2D eigenvalue weighted by atomic mass is 16.6. The van der Waals surface area contributed by atoms with Crippen LogP contribution in [0.4, 0.5) is 11.4 Å². The highest BCUT2D eigenvalue weighted by Gasteiger charge is 2.22. The molecule has 6 nitrogen and oxygen atoms in total. The zero-order valence-electron chi connectivity index (χ0n) is 11.2. The molecule has 1 unspecified atom stereocenters. The summed E-state index contributed by atoms with van der Waals surface area (Å²) in [6.07, 6.45) is 0. The smallest absolute Gasteiger partial charge is 0.308 e. The maximum Gasteiger partial charge on any atom is 0.308 e. The van der Waals surface area contributed by atoms with E-state index in [0.717, 1.165) is 0 Å². The van der Waals surface area contributed by atoms with E-state index >= 15 is 0 Å². The summed E-state index contributed by atoms with van der Waals surface area (Å²) in [6, 6.07) is 4.72. The Morgan fingerprint density at radius 2 is 2.11 bits per heavy atom. The Morgan fingerprint density at radius 1 is 1.47 bits per heavy atom. The highest BCUT2D eigenvalue weighted by Crippen LogP contribution is 2.25. The number of carbonyl (C=O) groups is 1. The zero-order valence-corrected chi connectivity index (χ0v) is 11.2. The Hall–Kier alpha value is -2.11. The number of rotatable bonds is 6. The van der Waals surface area contributed by atoms with E-state index in [1.54, 1.807) is 19.1 Å². The maximum absolute atomic E-state index is 11.1. The minimum absolute atomic E-state index is 0.0102. The van der Waals surface area contributed by atoms with Crippen molar-refractivity contribution >= 4 is 17.3 Å². The van der Waals surface area contributed by atoms with Crippen molar-refractivity contribution < 1.29 is 14.8 Å². The third-order valence-corrected chi connectivity index (χ3v) is 3.14. The molecule has 1 aromatic rings. The van der Waals surface area contributed by atoms with Gasteiger partial charge in [0.05, 0.1) is 10.8 Å². The molecule has 1 aromatic carbocycles. The fraction of sp³-hybridized carbons (Fsp3) is 0.462. The van der Waals surface area contributed by atoms with E-state index in [9.17, 15) is 14.9 Å². The normalized spacial score (nSPS) is 12.2. The molecule has 6 heteroatoms. The van der Waals surface area contributed by atoms with E-state index in [1.165, 1.54) is 6.07 Å². The summed E-state index contributed by atoms with van der Waals surface area (Å²) < 4.78 is 0. The van der Waals surface area contributed by atoms with Gasteiger partial charge in [0.25, 0.3) is 5.69 Å². The summed E-state index contributed by atoms with van der Waals surface area (Å²) in [7, 11) is 0. The number of carboxylic acids is 1. The molecule has 0 radical (unpaired) electrons. The molecular formula is C13H18N2O4. The van der Waals surface area contributed by atoms with Crippen LogP contribution in [0.2, 0.25) is 0 Å². The first-order valence-corrected chi connectivity index (χ1v) is 6.05. The number of carboxylic acid groups (broad SMARTS) is 1. The Bertz CT molecular complexity index is 486. The molecule has 0 aliphatic carbocycles. The molecule has 0 amide bonds. The van der Waals surface area contributed by atoms with Gasteiger partial charge in [-0.15, -0.1) is 0 Å². The summed E-state index contributed by atoms with van der Waals surface area (Å²) in [5.41, 5.74) is 1.14. The molecule has 0 bridgehead atoms. The van der Waals surface area contributed by atoms with Crippen LogP contribution in [0.25, 0.3) is 0 Å². The van der Waals surface area contributed by atoms with Gasteiger partial charge >= 0.3 is 5.97 Å². The Kier molecular flexibility index (Phi) is 4.86. The van der Waals surface area contributed by atoms with Gasteiger partial charge in [0, 0.05) is 23.9 Å². The molecule has 0 aliphatic heterocycles. The van der Waals surface area contributed by atoms with Crippen molar-refractivity contribution in [2.45, 2.75) is 20.8 Å². The topological polar surface area (TPSA) is 92.5 Å². The van der Waals surface area contributed by atoms with Gasteiger partial charge in [-0.2, -0.15) is 0 Å². The molecule has 104 valence electrons. The molecule has 0 heterocycles. The van der Waals surface area contributed by atoms with Crippen molar-refractivity contribution in [3.63, 3.8) is 0 Å². The Balaban J connectivity index is 2.86. The van der Waals surface area contributed by atoms with Gasteiger partial charge in [-0.25, -0.2) is 0 Å². The summed E-state index contributed by atoms with van der Waals surface area (Å²) in [5.74, 6) is -1.41. The van der Waals surface area contributed by atoms with Gasteiger partial charge in [0.15, 0.2) is 0 Å². The summed E-state index contributed by atoms with van der Waals surface area (Å²) in [6.45, 7) is 5.56. The SMILES string of the molecule is Cc1c(NCC(C(=O)O)C(C)C)cccc1[N+](=O)[O-]. The maximum atomic E-state index is 11.1. The van der Waals surface area contributed by atoms with Crippen molar-refractivity contribution in [3.8, 4) is 0 Å². The van der Waals surface area contributed by atoms with E-state index < -0.39 is 16.8 Å². The van der Waals surface area contributed by atoms with Crippen LogP contribution in [0.1, 0.15) is 19.4 Å². The number of hydrogen-bond acceptors (Lipinski definition) is 4. The monoisotopic (exact) mass is 266 g/mol. The largest absolute Gasteiger partial charge is 0.481 e. The van der Waals surface area contributed by atoms with E-state index in [4.69, 9.17) is 5.11 Å². The van der Waals surface area contributed by atoms with Crippen LogP contribution in [-0.4, -0.2) is 22.5 Å². The molecule has 1 atom stereocenters. The summed E-state index contributed by atoms with van der Waals surface area (Å²) >= 11 is 0. The van der Waals surface area contributed by atoms with Crippen LogP contribution in [0, 0.1) is 28.9 Å². The molecule has 0 saturated heterocycles. The van der Waals surface area contributed by atoms with Gasteiger partial charge in [0.1, 0.15) is 0 Å².